The number of anilines is 2. The number of rotatable bonds is 3. The third-order valence-electron chi connectivity index (χ3n) is 2.96. The summed E-state index contributed by atoms with van der Waals surface area (Å²) in [6.07, 6.45) is 1.59. The standard InChI is InChI=1S/C13H15FN4/c1-9(10-5-3-4-6-11(10)14)18(2)12-7-8-16-13(15)17-12/h3-9H,1-2H3,(H2,15,16,17). The Morgan fingerprint density at radius 2 is 2.00 bits per heavy atom. The van der Waals surface area contributed by atoms with Gasteiger partial charge in [-0.2, -0.15) is 4.98 Å². The topological polar surface area (TPSA) is 55.0 Å². The van der Waals surface area contributed by atoms with E-state index in [2.05, 4.69) is 9.97 Å². The van der Waals surface area contributed by atoms with E-state index in [-0.39, 0.29) is 17.8 Å². The Bertz CT molecular complexity index is 544. The van der Waals surface area contributed by atoms with Gasteiger partial charge in [-0.3, -0.25) is 0 Å². The zero-order valence-corrected chi connectivity index (χ0v) is 10.3. The maximum atomic E-state index is 13.7. The van der Waals surface area contributed by atoms with E-state index in [1.54, 1.807) is 24.4 Å². The van der Waals surface area contributed by atoms with E-state index in [0.29, 0.717) is 11.4 Å². The van der Waals surface area contributed by atoms with Gasteiger partial charge in [-0.1, -0.05) is 18.2 Å². The zero-order chi connectivity index (χ0) is 13.1. The highest BCUT2D eigenvalue weighted by atomic mass is 19.1. The molecule has 0 aliphatic carbocycles. The molecule has 1 atom stereocenters. The fourth-order valence-electron chi connectivity index (χ4n) is 1.78. The Morgan fingerprint density at radius 3 is 2.67 bits per heavy atom. The highest BCUT2D eigenvalue weighted by Gasteiger charge is 2.16. The van der Waals surface area contributed by atoms with Gasteiger partial charge in [0.1, 0.15) is 11.6 Å². The number of nitrogens with two attached hydrogens (primary N) is 1. The number of hydrogen-bond acceptors (Lipinski definition) is 4. The molecule has 0 aliphatic rings. The maximum Gasteiger partial charge on any atom is 0.221 e. The molecule has 0 spiro atoms. The molecular weight excluding hydrogens is 231 g/mol. The van der Waals surface area contributed by atoms with Gasteiger partial charge in [-0.25, -0.2) is 9.37 Å². The SMILES string of the molecule is CC(c1ccccc1F)N(C)c1ccnc(N)n1. The van der Waals surface area contributed by atoms with Crippen molar-refractivity contribution in [1.82, 2.24) is 9.97 Å². The molecule has 0 saturated carbocycles. The molecule has 1 aromatic carbocycles. The molecule has 2 N–H and O–H groups in total. The summed E-state index contributed by atoms with van der Waals surface area (Å²) < 4.78 is 13.7. The molecule has 0 saturated heterocycles. The van der Waals surface area contributed by atoms with Crippen molar-refractivity contribution in [2.24, 2.45) is 0 Å². The summed E-state index contributed by atoms with van der Waals surface area (Å²) >= 11 is 0. The number of hydrogen-bond donors (Lipinski definition) is 1. The van der Waals surface area contributed by atoms with Crippen LogP contribution in [0.4, 0.5) is 16.2 Å². The molecule has 18 heavy (non-hydrogen) atoms. The van der Waals surface area contributed by atoms with Gasteiger partial charge >= 0.3 is 0 Å². The van der Waals surface area contributed by atoms with E-state index < -0.39 is 0 Å². The van der Waals surface area contributed by atoms with Crippen LogP contribution in [-0.2, 0) is 0 Å². The van der Waals surface area contributed by atoms with Crippen LogP contribution >= 0.6 is 0 Å². The van der Waals surface area contributed by atoms with Crippen LogP contribution in [-0.4, -0.2) is 17.0 Å². The molecule has 2 aromatic rings. The fourth-order valence-corrected chi connectivity index (χ4v) is 1.78. The average Bonchev–Trinajstić information content (AvgIpc) is 2.37. The van der Waals surface area contributed by atoms with Crippen molar-refractivity contribution in [1.29, 1.82) is 0 Å². The highest BCUT2D eigenvalue weighted by molar-refractivity contribution is 5.43. The van der Waals surface area contributed by atoms with Crippen LogP contribution in [0.5, 0.6) is 0 Å². The molecule has 0 aliphatic heterocycles. The molecule has 0 bridgehead atoms. The summed E-state index contributed by atoms with van der Waals surface area (Å²) in [5, 5.41) is 0. The number of halogens is 1. The molecule has 0 radical (unpaired) electrons. The Balaban J connectivity index is 2.29. The summed E-state index contributed by atoms with van der Waals surface area (Å²) in [5.41, 5.74) is 6.16. The summed E-state index contributed by atoms with van der Waals surface area (Å²) in [6.45, 7) is 1.91. The Hall–Kier alpha value is -2.17. The lowest BCUT2D eigenvalue weighted by Gasteiger charge is -2.26. The molecule has 1 unspecified atom stereocenters. The summed E-state index contributed by atoms with van der Waals surface area (Å²) in [4.78, 5) is 9.81. The molecule has 0 amide bonds. The minimum Gasteiger partial charge on any atom is -0.368 e. The first-order chi connectivity index (χ1) is 8.59. The first-order valence-corrected chi connectivity index (χ1v) is 5.65. The van der Waals surface area contributed by atoms with Crippen LogP contribution in [0.3, 0.4) is 0 Å². The largest absolute Gasteiger partial charge is 0.368 e. The Morgan fingerprint density at radius 1 is 1.28 bits per heavy atom. The van der Waals surface area contributed by atoms with Gasteiger partial charge < -0.3 is 10.6 Å². The molecule has 5 heteroatoms. The first-order valence-electron chi connectivity index (χ1n) is 5.65. The van der Waals surface area contributed by atoms with Crippen molar-refractivity contribution in [3.05, 3.63) is 47.9 Å². The molecule has 1 heterocycles. The van der Waals surface area contributed by atoms with E-state index >= 15 is 0 Å². The third kappa shape index (κ3) is 2.40. The lowest BCUT2D eigenvalue weighted by atomic mass is 10.1. The van der Waals surface area contributed by atoms with Crippen LogP contribution in [0.15, 0.2) is 36.5 Å². The van der Waals surface area contributed by atoms with E-state index in [4.69, 9.17) is 5.73 Å². The maximum absolute atomic E-state index is 13.7. The summed E-state index contributed by atoms with van der Waals surface area (Å²) in [6, 6.07) is 8.31. The smallest absolute Gasteiger partial charge is 0.221 e. The van der Waals surface area contributed by atoms with Gasteiger partial charge in [0.2, 0.25) is 5.95 Å². The number of nitrogens with zero attached hydrogens (tertiary/aromatic N) is 3. The van der Waals surface area contributed by atoms with E-state index in [1.807, 2.05) is 24.9 Å². The molecule has 1 aromatic heterocycles. The van der Waals surface area contributed by atoms with Crippen molar-refractivity contribution >= 4 is 11.8 Å². The number of nitrogen functional groups attached to an aromatic ring is 1. The second kappa shape index (κ2) is 5.00. The average molecular weight is 246 g/mol. The van der Waals surface area contributed by atoms with Crippen molar-refractivity contribution in [2.45, 2.75) is 13.0 Å². The quantitative estimate of drug-likeness (QED) is 0.903. The molecule has 4 nitrogen and oxygen atoms in total. The van der Waals surface area contributed by atoms with Crippen LogP contribution in [0.25, 0.3) is 0 Å². The Kier molecular flexibility index (Phi) is 3.41. The monoisotopic (exact) mass is 246 g/mol. The van der Waals surface area contributed by atoms with Gasteiger partial charge in [0.15, 0.2) is 0 Å². The number of benzene rings is 1. The van der Waals surface area contributed by atoms with Gasteiger partial charge in [0.25, 0.3) is 0 Å². The van der Waals surface area contributed by atoms with Crippen LogP contribution in [0.2, 0.25) is 0 Å². The van der Waals surface area contributed by atoms with Crippen LogP contribution < -0.4 is 10.6 Å². The summed E-state index contributed by atoms with van der Waals surface area (Å²) in [7, 11) is 1.85. The van der Waals surface area contributed by atoms with Crippen molar-refractivity contribution in [2.75, 3.05) is 17.7 Å². The van der Waals surface area contributed by atoms with E-state index in [9.17, 15) is 4.39 Å². The van der Waals surface area contributed by atoms with E-state index in [0.717, 1.165) is 0 Å². The van der Waals surface area contributed by atoms with E-state index in [1.165, 1.54) is 6.07 Å². The first kappa shape index (κ1) is 12.3. The van der Waals surface area contributed by atoms with Gasteiger partial charge in [-0.15, -0.1) is 0 Å². The normalized spacial score (nSPS) is 12.2. The minimum absolute atomic E-state index is 0.138. The zero-order valence-electron chi connectivity index (χ0n) is 10.3. The van der Waals surface area contributed by atoms with Crippen molar-refractivity contribution in [3.8, 4) is 0 Å². The second-order valence-electron chi connectivity index (χ2n) is 4.08. The third-order valence-corrected chi connectivity index (χ3v) is 2.96. The molecule has 2 rings (SSSR count). The predicted octanol–water partition coefficient (Wildman–Crippen LogP) is 2.40. The second-order valence-corrected chi connectivity index (χ2v) is 4.08. The van der Waals surface area contributed by atoms with Crippen molar-refractivity contribution in [3.63, 3.8) is 0 Å². The molecule has 0 fully saturated rings. The van der Waals surface area contributed by atoms with Crippen LogP contribution in [0, 0.1) is 5.82 Å². The number of aromatic nitrogens is 2. The lowest BCUT2D eigenvalue weighted by molar-refractivity contribution is 0.584. The predicted molar refractivity (Wildman–Crippen MR) is 69.7 cm³/mol. The minimum atomic E-state index is -0.223. The molecule has 94 valence electrons. The van der Waals surface area contributed by atoms with Crippen molar-refractivity contribution < 1.29 is 4.39 Å². The van der Waals surface area contributed by atoms with Gasteiger partial charge in [-0.05, 0) is 19.1 Å². The Labute approximate surface area is 105 Å². The molecular formula is C13H15FN4. The summed E-state index contributed by atoms with van der Waals surface area (Å²) in [5.74, 6) is 0.650. The van der Waals surface area contributed by atoms with Gasteiger partial charge in [0.05, 0.1) is 6.04 Å². The fraction of sp³-hybridized carbons (Fsp3) is 0.231. The van der Waals surface area contributed by atoms with Crippen LogP contribution in [0.1, 0.15) is 18.5 Å². The highest BCUT2D eigenvalue weighted by Crippen LogP contribution is 2.25. The lowest BCUT2D eigenvalue weighted by Crippen LogP contribution is -2.23. The van der Waals surface area contributed by atoms with Gasteiger partial charge in [0, 0.05) is 18.8 Å².